The van der Waals surface area contributed by atoms with Crippen LogP contribution in [0.2, 0.25) is 0 Å². The quantitative estimate of drug-likeness (QED) is 0.809. The van der Waals surface area contributed by atoms with Gasteiger partial charge in [-0.2, -0.15) is 0 Å². The minimum absolute atomic E-state index is 0.0175. The lowest BCUT2D eigenvalue weighted by atomic mass is 9.76. The monoisotopic (exact) mass is 358 g/mol. The van der Waals surface area contributed by atoms with Crippen LogP contribution >= 0.6 is 0 Å². The lowest BCUT2D eigenvalue weighted by molar-refractivity contribution is 0.215. The van der Waals surface area contributed by atoms with Crippen molar-refractivity contribution in [2.24, 2.45) is 17.8 Å². The van der Waals surface area contributed by atoms with Crippen molar-refractivity contribution in [3.63, 3.8) is 0 Å². The Morgan fingerprint density at radius 2 is 1.43 bits per heavy atom. The molecule has 0 unspecified atom stereocenters. The Hall–Kier alpha value is -0.880. The number of rotatable bonds is 5. The summed E-state index contributed by atoms with van der Waals surface area (Å²) in [5.41, 5.74) is 0. The average molecular weight is 359 g/mol. The van der Waals surface area contributed by atoms with Gasteiger partial charge < -0.3 is 0 Å². The molecule has 4 nitrogen and oxygen atoms in total. The molecule has 6 heteroatoms. The normalized spacial score (nSPS) is 26.1. The van der Waals surface area contributed by atoms with Crippen LogP contribution in [0.5, 0.6) is 0 Å². The van der Waals surface area contributed by atoms with Gasteiger partial charge in [-0.05, 0) is 55.6 Å². The van der Waals surface area contributed by atoms with E-state index in [1.165, 1.54) is 18.6 Å². The fraction of sp³-hybridized carbons (Fsp3) is 0.647. The molecule has 2 rings (SSSR count). The van der Waals surface area contributed by atoms with Crippen LogP contribution in [0.25, 0.3) is 0 Å². The maximum Gasteiger partial charge on any atom is 0.179 e. The molecule has 1 aliphatic carbocycles. The minimum Gasteiger partial charge on any atom is -0.224 e. The van der Waals surface area contributed by atoms with E-state index in [1.807, 2.05) is 0 Å². The Morgan fingerprint density at radius 3 is 1.96 bits per heavy atom. The fourth-order valence-electron chi connectivity index (χ4n) is 3.79. The van der Waals surface area contributed by atoms with Crippen molar-refractivity contribution < 1.29 is 16.8 Å². The zero-order valence-corrected chi connectivity index (χ0v) is 15.7. The molecule has 0 aromatic heterocycles. The Labute approximate surface area is 140 Å². The van der Waals surface area contributed by atoms with Crippen LogP contribution in [0, 0.1) is 17.8 Å². The van der Waals surface area contributed by atoms with Gasteiger partial charge in [-0.15, -0.1) is 0 Å². The molecule has 0 spiro atoms. The lowest BCUT2D eigenvalue weighted by Gasteiger charge is -2.31. The second-order valence-electron chi connectivity index (χ2n) is 7.11. The molecule has 130 valence electrons. The number of sulfone groups is 2. The van der Waals surface area contributed by atoms with Gasteiger partial charge in [0.15, 0.2) is 19.7 Å². The second-order valence-corrected chi connectivity index (χ2v) is 11.2. The molecule has 1 fully saturated rings. The van der Waals surface area contributed by atoms with Gasteiger partial charge in [0.2, 0.25) is 0 Å². The molecule has 0 aliphatic heterocycles. The third kappa shape index (κ3) is 4.80. The van der Waals surface area contributed by atoms with Gasteiger partial charge in [-0.3, -0.25) is 0 Å². The lowest BCUT2D eigenvalue weighted by Crippen LogP contribution is -2.22. The summed E-state index contributed by atoms with van der Waals surface area (Å²) in [7, 11) is -7.14. The summed E-state index contributed by atoms with van der Waals surface area (Å²) in [4.78, 5) is -0.148. The van der Waals surface area contributed by atoms with Crippen molar-refractivity contribution in [2.45, 2.75) is 49.3 Å². The first kappa shape index (κ1) is 18.5. The van der Waals surface area contributed by atoms with E-state index >= 15 is 0 Å². The van der Waals surface area contributed by atoms with Gasteiger partial charge in [0.1, 0.15) is 0 Å². The zero-order valence-electron chi connectivity index (χ0n) is 14.0. The number of hydrogen-bond donors (Lipinski definition) is 0. The van der Waals surface area contributed by atoms with Crippen molar-refractivity contribution in [3.8, 4) is 0 Å². The van der Waals surface area contributed by atoms with Crippen molar-refractivity contribution in [2.75, 3.05) is 12.0 Å². The fourth-order valence-corrected chi connectivity index (χ4v) is 6.91. The van der Waals surface area contributed by atoms with Gasteiger partial charge in [-0.25, -0.2) is 16.8 Å². The third-order valence-electron chi connectivity index (χ3n) is 4.65. The molecule has 1 aliphatic rings. The zero-order chi connectivity index (χ0) is 17.3. The van der Waals surface area contributed by atoms with Crippen molar-refractivity contribution in [1.82, 2.24) is 0 Å². The van der Waals surface area contributed by atoms with Crippen LogP contribution in [0.3, 0.4) is 0 Å². The molecule has 0 amide bonds. The highest BCUT2D eigenvalue weighted by Gasteiger charge is 2.28. The Kier molecular flexibility index (Phi) is 5.56. The number of hydrogen-bond acceptors (Lipinski definition) is 4. The summed E-state index contributed by atoms with van der Waals surface area (Å²) in [5.74, 6) is 1.70. The van der Waals surface area contributed by atoms with Crippen LogP contribution in [0.15, 0.2) is 34.1 Å². The standard InChI is InChI=1S/C17H26O4S2/c1-13-10-14(2)12-15(11-13)8-9-23(20,21)17-7-5-4-6-16(17)22(3,18)19/h4-7,13-15H,8-12H2,1-3H3/t13-,14-/m0/s1. The average Bonchev–Trinajstić information content (AvgIpc) is 2.43. The first-order valence-corrected chi connectivity index (χ1v) is 11.7. The molecule has 23 heavy (non-hydrogen) atoms. The molecule has 0 heterocycles. The summed E-state index contributed by atoms with van der Waals surface area (Å²) in [5, 5.41) is 0. The minimum atomic E-state index is -3.59. The first-order valence-electron chi connectivity index (χ1n) is 8.11. The third-order valence-corrected chi connectivity index (χ3v) is 7.74. The van der Waals surface area contributed by atoms with Crippen molar-refractivity contribution in [1.29, 1.82) is 0 Å². The van der Waals surface area contributed by atoms with E-state index in [2.05, 4.69) is 13.8 Å². The van der Waals surface area contributed by atoms with Crippen LogP contribution in [-0.4, -0.2) is 28.8 Å². The molecule has 1 aromatic carbocycles. The molecule has 0 N–H and O–H groups in total. The van der Waals surface area contributed by atoms with E-state index in [1.54, 1.807) is 12.1 Å². The first-order chi connectivity index (χ1) is 10.6. The molecule has 0 saturated heterocycles. The highest BCUT2D eigenvalue weighted by atomic mass is 32.2. The Morgan fingerprint density at radius 1 is 0.913 bits per heavy atom. The van der Waals surface area contributed by atoms with Crippen LogP contribution < -0.4 is 0 Å². The molecular weight excluding hydrogens is 332 g/mol. The van der Waals surface area contributed by atoms with Gasteiger partial charge in [0.05, 0.1) is 15.5 Å². The summed E-state index contributed by atoms with van der Waals surface area (Å²) in [6.45, 7) is 4.44. The predicted molar refractivity (Wildman–Crippen MR) is 91.9 cm³/mol. The predicted octanol–water partition coefficient (Wildman–Crippen LogP) is 3.33. The molecule has 1 aromatic rings. The van der Waals surface area contributed by atoms with E-state index in [-0.39, 0.29) is 15.5 Å². The van der Waals surface area contributed by atoms with E-state index in [4.69, 9.17) is 0 Å². The number of benzene rings is 1. The van der Waals surface area contributed by atoms with Gasteiger partial charge in [-0.1, -0.05) is 26.0 Å². The summed E-state index contributed by atoms with van der Waals surface area (Å²) < 4.78 is 48.9. The SMILES string of the molecule is C[C@@H]1CC(CCS(=O)(=O)c2ccccc2S(C)(=O)=O)C[C@@H](C)C1. The van der Waals surface area contributed by atoms with Crippen molar-refractivity contribution >= 4 is 19.7 Å². The smallest absolute Gasteiger partial charge is 0.179 e. The van der Waals surface area contributed by atoms with Gasteiger partial charge in [0.25, 0.3) is 0 Å². The highest BCUT2D eigenvalue weighted by molar-refractivity contribution is 7.94. The molecule has 0 bridgehead atoms. The molecule has 2 atom stereocenters. The highest BCUT2D eigenvalue weighted by Crippen LogP contribution is 2.35. The van der Waals surface area contributed by atoms with E-state index in [0.29, 0.717) is 24.2 Å². The van der Waals surface area contributed by atoms with E-state index in [9.17, 15) is 16.8 Å². The molecule has 0 radical (unpaired) electrons. The maximum atomic E-state index is 12.6. The van der Waals surface area contributed by atoms with Crippen LogP contribution in [0.1, 0.15) is 39.5 Å². The second kappa shape index (κ2) is 6.93. The Bertz CT molecular complexity index is 741. The van der Waals surface area contributed by atoms with Crippen molar-refractivity contribution in [3.05, 3.63) is 24.3 Å². The molecule has 1 saturated carbocycles. The largest absolute Gasteiger partial charge is 0.224 e. The van der Waals surface area contributed by atoms with E-state index in [0.717, 1.165) is 19.1 Å². The maximum absolute atomic E-state index is 12.6. The van der Waals surface area contributed by atoms with Crippen LogP contribution in [0.4, 0.5) is 0 Å². The summed E-state index contributed by atoms with van der Waals surface area (Å²) in [6, 6.07) is 5.90. The van der Waals surface area contributed by atoms with E-state index < -0.39 is 19.7 Å². The van der Waals surface area contributed by atoms with Gasteiger partial charge in [0, 0.05) is 6.26 Å². The van der Waals surface area contributed by atoms with Crippen LogP contribution in [-0.2, 0) is 19.7 Å². The molecular formula is C17H26O4S2. The van der Waals surface area contributed by atoms with Gasteiger partial charge >= 0.3 is 0 Å². The summed E-state index contributed by atoms with van der Waals surface area (Å²) in [6.07, 6.45) is 4.99. The Balaban J connectivity index is 2.17. The topological polar surface area (TPSA) is 68.3 Å². The summed E-state index contributed by atoms with van der Waals surface area (Å²) >= 11 is 0.